The van der Waals surface area contributed by atoms with Crippen molar-refractivity contribution in [3.8, 4) is 0 Å². The molecule has 1 unspecified atom stereocenters. The third-order valence-electron chi connectivity index (χ3n) is 2.76. The van der Waals surface area contributed by atoms with Crippen LogP contribution in [0.1, 0.15) is 35.7 Å². The van der Waals surface area contributed by atoms with Gasteiger partial charge in [-0.25, -0.2) is 0 Å². The van der Waals surface area contributed by atoms with E-state index in [1.807, 2.05) is 19.1 Å². The first-order valence-corrected chi connectivity index (χ1v) is 5.92. The first kappa shape index (κ1) is 16.9. The first-order valence-electron chi connectivity index (χ1n) is 5.92. The van der Waals surface area contributed by atoms with Gasteiger partial charge in [0, 0.05) is 24.8 Å². The van der Waals surface area contributed by atoms with Crippen LogP contribution in [0.25, 0.3) is 0 Å². The number of hydrogen-bond acceptors (Lipinski definition) is 3. The minimum atomic E-state index is -0.103. The summed E-state index contributed by atoms with van der Waals surface area (Å²) in [5, 5.41) is 11.7. The zero-order valence-electron chi connectivity index (χ0n) is 10.6. The van der Waals surface area contributed by atoms with Gasteiger partial charge in [-0.15, -0.1) is 12.4 Å². The highest BCUT2D eigenvalue weighted by molar-refractivity contribution is 5.94. The van der Waals surface area contributed by atoms with Crippen LogP contribution in [0.5, 0.6) is 0 Å². The molecule has 1 aromatic carbocycles. The molecule has 0 saturated heterocycles. The Bertz CT molecular complexity index is 355. The Morgan fingerprint density at radius 2 is 2.00 bits per heavy atom. The van der Waals surface area contributed by atoms with Gasteiger partial charge in [-0.2, -0.15) is 0 Å². The van der Waals surface area contributed by atoms with Crippen molar-refractivity contribution >= 4 is 18.3 Å². The highest BCUT2D eigenvalue weighted by Crippen LogP contribution is 2.05. The summed E-state index contributed by atoms with van der Waals surface area (Å²) < 4.78 is 0. The van der Waals surface area contributed by atoms with Gasteiger partial charge in [0.05, 0.1) is 0 Å². The molecule has 1 atom stereocenters. The maximum Gasteiger partial charge on any atom is 0.251 e. The summed E-state index contributed by atoms with van der Waals surface area (Å²) in [5.74, 6) is -0.103. The lowest BCUT2D eigenvalue weighted by Crippen LogP contribution is -2.35. The van der Waals surface area contributed by atoms with Crippen molar-refractivity contribution in [3.63, 3.8) is 0 Å². The molecular weight excluding hydrogens is 252 g/mol. The predicted octanol–water partition coefficient (Wildman–Crippen LogP) is 1.46. The number of aliphatic hydroxyl groups excluding tert-OH is 1. The molecule has 0 aliphatic heterocycles. The molecule has 1 aromatic rings. The van der Waals surface area contributed by atoms with E-state index >= 15 is 0 Å². The number of rotatable bonds is 6. The maximum atomic E-state index is 11.9. The Labute approximate surface area is 114 Å². The van der Waals surface area contributed by atoms with Gasteiger partial charge >= 0.3 is 0 Å². The zero-order chi connectivity index (χ0) is 12.7. The smallest absolute Gasteiger partial charge is 0.251 e. The van der Waals surface area contributed by atoms with Crippen LogP contribution in [0.3, 0.4) is 0 Å². The van der Waals surface area contributed by atoms with Crippen LogP contribution in [-0.4, -0.2) is 23.7 Å². The molecule has 1 rings (SSSR count). The van der Waals surface area contributed by atoms with Crippen molar-refractivity contribution in [3.05, 3.63) is 35.4 Å². The van der Waals surface area contributed by atoms with Gasteiger partial charge in [-0.1, -0.05) is 19.1 Å². The van der Waals surface area contributed by atoms with Gasteiger partial charge in [0.2, 0.25) is 0 Å². The predicted molar refractivity (Wildman–Crippen MR) is 74.8 cm³/mol. The lowest BCUT2D eigenvalue weighted by molar-refractivity contribution is 0.0929. The molecular formula is C13H21ClN2O2. The van der Waals surface area contributed by atoms with Crippen LogP contribution < -0.4 is 11.1 Å². The average molecular weight is 273 g/mol. The Kier molecular flexibility index (Phi) is 8.37. The van der Waals surface area contributed by atoms with Crippen LogP contribution in [0.15, 0.2) is 24.3 Å². The Hall–Kier alpha value is -1.10. The quantitative estimate of drug-likeness (QED) is 0.734. The Morgan fingerprint density at radius 3 is 2.44 bits per heavy atom. The number of benzene rings is 1. The fourth-order valence-corrected chi connectivity index (χ4v) is 1.60. The van der Waals surface area contributed by atoms with Gasteiger partial charge < -0.3 is 16.2 Å². The molecule has 0 aromatic heterocycles. The van der Waals surface area contributed by atoms with E-state index in [1.165, 1.54) is 0 Å². The highest BCUT2D eigenvalue weighted by Gasteiger charge is 2.11. The summed E-state index contributed by atoms with van der Waals surface area (Å²) in [4.78, 5) is 11.9. The fourth-order valence-electron chi connectivity index (χ4n) is 1.60. The normalized spacial score (nSPS) is 11.5. The number of amides is 1. The van der Waals surface area contributed by atoms with E-state index in [2.05, 4.69) is 5.32 Å². The summed E-state index contributed by atoms with van der Waals surface area (Å²) in [7, 11) is 0. The van der Waals surface area contributed by atoms with Crippen LogP contribution in [0.2, 0.25) is 0 Å². The van der Waals surface area contributed by atoms with Crippen LogP contribution in [-0.2, 0) is 6.54 Å². The number of carbonyl (C=O) groups excluding carboxylic acids is 1. The van der Waals surface area contributed by atoms with E-state index in [1.54, 1.807) is 12.1 Å². The monoisotopic (exact) mass is 272 g/mol. The molecule has 102 valence electrons. The largest absolute Gasteiger partial charge is 0.396 e. The second-order valence-corrected chi connectivity index (χ2v) is 3.99. The van der Waals surface area contributed by atoms with Gasteiger partial charge in [-0.3, -0.25) is 4.79 Å². The molecule has 4 N–H and O–H groups in total. The molecule has 18 heavy (non-hydrogen) atoms. The molecule has 0 radical (unpaired) electrons. The summed E-state index contributed by atoms with van der Waals surface area (Å²) in [5.41, 5.74) is 7.12. The Morgan fingerprint density at radius 1 is 1.39 bits per heavy atom. The van der Waals surface area contributed by atoms with Gasteiger partial charge in [-0.05, 0) is 30.5 Å². The molecule has 0 spiro atoms. The molecule has 0 aliphatic carbocycles. The van der Waals surface area contributed by atoms with E-state index in [0.29, 0.717) is 18.5 Å². The number of hydrogen-bond donors (Lipinski definition) is 3. The average Bonchev–Trinajstić information content (AvgIpc) is 2.38. The molecule has 0 bridgehead atoms. The standard InChI is InChI=1S/C13H20N2O2.ClH/c1-2-12(7-8-16)15-13(17)11-5-3-10(9-14)4-6-11;/h3-6,12,16H,2,7-9,14H2,1H3,(H,15,17);1H. The number of nitrogens with two attached hydrogens (primary N) is 1. The van der Waals surface area contributed by atoms with E-state index in [-0.39, 0.29) is 31.0 Å². The fraction of sp³-hybridized carbons (Fsp3) is 0.462. The summed E-state index contributed by atoms with van der Waals surface area (Å²) >= 11 is 0. The van der Waals surface area contributed by atoms with Gasteiger partial charge in [0.25, 0.3) is 5.91 Å². The highest BCUT2D eigenvalue weighted by atomic mass is 35.5. The number of aliphatic hydroxyl groups is 1. The van der Waals surface area contributed by atoms with E-state index in [9.17, 15) is 4.79 Å². The van der Waals surface area contributed by atoms with Crippen molar-refractivity contribution in [2.45, 2.75) is 32.4 Å². The summed E-state index contributed by atoms with van der Waals surface area (Å²) in [6.07, 6.45) is 1.40. The molecule has 0 fully saturated rings. The number of carbonyl (C=O) groups is 1. The molecule has 1 amide bonds. The lowest BCUT2D eigenvalue weighted by Gasteiger charge is -2.15. The van der Waals surface area contributed by atoms with E-state index in [0.717, 1.165) is 12.0 Å². The Balaban J connectivity index is 0.00000289. The molecule has 0 saturated carbocycles. The van der Waals surface area contributed by atoms with Gasteiger partial charge in [0.15, 0.2) is 0 Å². The van der Waals surface area contributed by atoms with Crippen LogP contribution in [0.4, 0.5) is 0 Å². The molecule has 0 aliphatic rings. The second-order valence-electron chi connectivity index (χ2n) is 3.99. The SMILES string of the molecule is CCC(CCO)NC(=O)c1ccc(CN)cc1.Cl. The van der Waals surface area contributed by atoms with Crippen molar-refractivity contribution < 1.29 is 9.90 Å². The number of halogens is 1. The lowest BCUT2D eigenvalue weighted by atomic mass is 10.1. The van der Waals surface area contributed by atoms with Crippen molar-refractivity contribution in [2.24, 2.45) is 5.73 Å². The zero-order valence-corrected chi connectivity index (χ0v) is 11.4. The minimum Gasteiger partial charge on any atom is -0.396 e. The van der Waals surface area contributed by atoms with Crippen LogP contribution in [0, 0.1) is 0 Å². The topological polar surface area (TPSA) is 75.3 Å². The maximum absolute atomic E-state index is 11.9. The van der Waals surface area contributed by atoms with Crippen molar-refractivity contribution in [1.29, 1.82) is 0 Å². The van der Waals surface area contributed by atoms with E-state index < -0.39 is 0 Å². The third-order valence-corrected chi connectivity index (χ3v) is 2.76. The third kappa shape index (κ3) is 5.04. The molecule has 0 heterocycles. The summed E-state index contributed by atoms with van der Waals surface area (Å²) in [6.45, 7) is 2.55. The minimum absolute atomic E-state index is 0. The molecule has 5 heteroatoms. The van der Waals surface area contributed by atoms with Crippen molar-refractivity contribution in [1.82, 2.24) is 5.32 Å². The van der Waals surface area contributed by atoms with Crippen LogP contribution >= 0.6 is 12.4 Å². The molecule has 4 nitrogen and oxygen atoms in total. The van der Waals surface area contributed by atoms with E-state index in [4.69, 9.17) is 10.8 Å². The summed E-state index contributed by atoms with van der Waals surface area (Å²) in [6, 6.07) is 7.26. The number of nitrogens with one attached hydrogen (secondary N) is 1. The first-order chi connectivity index (χ1) is 8.21. The van der Waals surface area contributed by atoms with Crippen molar-refractivity contribution in [2.75, 3.05) is 6.61 Å². The van der Waals surface area contributed by atoms with Gasteiger partial charge in [0.1, 0.15) is 0 Å². The second kappa shape index (κ2) is 8.91.